The zero-order chi connectivity index (χ0) is 22.7. The van der Waals surface area contributed by atoms with Crippen molar-refractivity contribution in [2.75, 3.05) is 27.4 Å². The first-order chi connectivity index (χ1) is 14.8. The van der Waals surface area contributed by atoms with Crippen molar-refractivity contribution in [3.63, 3.8) is 0 Å². The van der Waals surface area contributed by atoms with E-state index in [1.165, 1.54) is 4.57 Å². The maximum Gasteiger partial charge on any atom is 0.358 e. The molecule has 1 saturated heterocycles. The van der Waals surface area contributed by atoms with E-state index in [9.17, 15) is 27.6 Å². The number of carbonyl (C=O) groups is 2. The molecule has 3 rings (SSSR count). The zero-order valence-corrected chi connectivity index (χ0v) is 16.7. The predicted octanol–water partition coefficient (Wildman–Crippen LogP) is 1.95. The Morgan fingerprint density at radius 1 is 1.23 bits per heavy atom. The van der Waals surface area contributed by atoms with Gasteiger partial charge in [0.1, 0.15) is 23.0 Å². The Morgan fingerprint density at radius 3 is 2.45 bits per heavy atom. The number of halogens is 3. The van der Waals surface area contributed by atoms with E-state index < -0.39 is 58.2 Å². The molecule has 0 radical (unpaired) electrons. The van der Waals surface area contributed by atoms with Gasteiger partial charge in [0.25, 0.3) is 5.91 Å². The van der Waals surface area contributed by atoms with Gasteiger partial charge in [-0.25, -0.2) is 18.0 Å². The van der Waals surface area contributed by atoms with Crippen LogP contribution in [0.5, 0.6) is 5.75 Å². The van der Waals surface area contributed by atoms with Crippen LogP contribution in [0, 0.1) is 17.5 Å². The van der Waals surface area contributed by atoms with E-state index >= 15 is 0 Å². The summed E-state index contributed by atoms with van der Waals surface area (Å²) in [5, 5.41) is 2.23. The molecule has 2 heterocycles. The number of rotatable bonds is 6. The molecule has 8 nitrogen and oxygen atoms in total. The minimum absolute atomic E-state index is 0.183. The molecular formula is C20H19F3N2O6. The standard InChI is InChI=1S/C20H19F3N2O6/c1-29-18-16(20(28)30-2)25(11-3-4-31-9-11)8-13(17(18)26)19(27)24-7-12-14(22)5-10(21)6-15(12)23/h5-6,8,11H,3-4,7,9H2,1-2H3,(H,24,27). The van der Waals surface area contributed by atoms with Gasteiger partial charge in [-0.3, -0.25) is 9.59 Å². The fourth-order valence-corrected chi connectivity index (χ4v) is 3.29. The first-order valence-electron chi connectivity index (χ1n) is 9.19. The summed E-state index contributed by atoms with van der Waals surface area (Å²) in [5.74, 6) is -5.69. The number of hydrogen-bond acceptors (Lipinski definition) is 6. The van der Waals surface area contributed by atoms with Gasteiger partial charge in [0.2, 0.25) is 5.43 Å². The van der Waals surface area contributed by atoms with Crippen molar-refractivity contribution in [1.29, 1.82) is 0 Å². The molecule has 31 heavy (non-hydrogen) atoms. The lowest BCUT2D eigenvalue weighted by molar-refractivity contribution is 0.0578. The highest BCUT2D eigenvalue weighted by Crippen LogP contribution is 2.26. The molecule has 1 fully saturated rings. The number of esters is 1. The smallest absolute Gasteiger partial charge is 0.358 e. The highest BCUT2D eigenvalue weighted by atomic mass is 19.1. The maximum absolute atomic E-state index is 13.8. The number of ether oxygens (including phenoxy) is 3. The lowest BCUT2D eigenvalue weighted by Gasteiger charge is -2.20. The number of benzene rings is 1. The van der Waals surface area contributed by atoms with Gasteiger partial charge in [-0.2, -0.15) is 0 Å². The summed E-state index contributed by atoms with van der Waals surface area (Å²) < 4.78 is 57.2. The van der Waals surface area contributed by atoms with Crippen LogP contribution < -0.4 is 15.5 Å². The molecular weight excluding hydrogens is 421 g/mol. The minimum atomic E-state index is -1.18. The van der Waals surface area contributed by atoms with Crippen LogP contribution in [0.3, 0.4) is 0 Å². The van der Waals surface area contributed by atoms with E-state index in [1.54, 1.807) is 0 Å². The van der Waals surface area contributed by atoms with Gasteiger partial charge in [0.05, 0.1) is 26.9 Å². The number of nitrogens with zero attached hydrogens (tertiary/aromatic N) is 1. The van der Waals surface area contributed by atoms with Crippen LogP contribution in [-0.2, 0) is 16.0 Å². The summed E-state index contributed by atoms with van der Waals surface area (Å²) in [7, 11) is 2.29. The predicted molar refractivity (Wildman–Crippen MR) is 101 cm³/mol. The van der Waals surface area contributed by atoms with Gasteiger partial charge in [0, 0.05) is 37.0 Å². The summed E-state index contributed by atoms with van der Waals surface area (Å²) in [5.41, 5.74) is -2.08. The van der Waals surface area contributed by atoms with Crippen molar-refractivity contribution in [3.8, 4) is 5.75 Å². The van der Waals surface area contributed by atoms with Gasteiger partial charge >= 0.3 is 5.97 Å². The van der Waals surface area contributed by atoms with Crippen molar-refractivity contribution >= 4 is 11.9 Å². The Hall–Kier alpha value is -3.34. The van der Waals surface area contributed by atoms with Gasteiger partial charge in [-0.1, -0.05) is 0 Å². The number of methoxy groups -OCH3 is 2. The Labute approximate surface area is 174 Å². The quantitative estimate of drug-likeness (QED) is 0.690. The maximum atomic E-state index is 13.8. The summed E-state index contributed by atoms with van der Waals surface area (Å²) in [4.78, 5) is 37.8. The fourth-order valence-electron chi connectivity index (χ4n) is 3.29. The van der Waals surface area contributed by atoms with E-state index in [0.29, 0.717) is 25.2 Å². The van der Waals surface area contributed by atoms with Crippen LogP contribution in [0.4, 0.5) is 13.2 Å². The van der Waals surface area contributed by atoms with Crippen molar-refractivity contribution in [2.45, 2.75) is 19.0 Å². The third kappa shape index (κ3) is 4.41. The molecule has 0 spiro atoms. The van der Waals surface area contributed by atoms with Crippen LogP contribution in [0.2, 0.25) is 0 Å². The van der Waals surface area contributed by atoms with Gasteiger partial charge < -0.3 is 24.1 Å². The van der Waals surface area contributed by atoms with Crippen molar-refractivity contribution in [2.24, 2.45) is 0 Å². The van der Waals surface area contributed by atoms with Crippen LogP contribution >= 0.6 is 0 Å². The molecule has 0 saturated carbocycles. The summed E-state index contributed by atoms with van der Waals surface area (Å²) in [6.07, 6.45) is 1.66. The van der Waals surface area contributed by atoms with Crippen molar-refractivity contribution in [1.82, 2.24) is 9.88 Å². The van der Waals surface area contributed by atoms with Crippen molar-refractivity contribution < 1.29 is 37.0 Å². The van der Waals surface area contributed by atoms with E-state index in [-0.39, 0.29) is 18.3 Å². The second-order valence-corrected chi connectivity index (χ2v) is 6.70. The highest BCUT2D eigenvalue weighted by Gasteiger charge is 2.30. The average molecular weight is 440 g/mol. The first-order valence-corrected chi connectivity index (χ1v) is 9.19. The summed E-state index contributed by atoms with van der Waals surface area (Å²) in [6.45, 7) is -0.00270. The van der Waals surface area contributed by atoms with E-state index in [2.05, 4.69) is 5.32 Å². The molecule has 1 amide bonds. The third-order valence-electron chi connectivity index (χ3n) is 4.85. The van der Waals surface area contributed by atoms with Crippen LogP contribution in [0.1, 0.15) is 38.9 Å². The largest absolute Gasteiger partial charge is 0.491 e. The van der Waals surface area contributed by atoms with Crippen LogP contribution in [0.25, 0.3) is 0 Å². The second-order valence-electron chi connectivity index (χ2n) is 6.70. The first kappa shape index (κ1) is 22.3. The molecule has 1 aromatic heterocycles. The topological polar surface area (TPSA) is 95.9 Å². The Kier molecular flexibility index (Phi) is 6.64. The molecule has 166 valence electrons. The molecule has 11 heteroatoms. The number of pyridine rings is 1. The monoisotopic (exact) mass is 440 g/mol. The molecule has 1 unspecified atom stereocenters. The summed E-state index contributed by atoms with van der Waals surface area (Å²) >= 11 is 0. The second kappa shape index (κ2) is 9.21. The number of carbonyl (C=O) groups excluding carboxylic acids is 2. The molecule has 0 aliphatic carbocycles. The SMILES string of the molecule is COC(=O)c1c(OC)c(=O)c(C(=O)NCc2c(F)cc(F)cc2F)cn1C1CCOC1. The van der Waals surface area contributed by atoms with Crippen molar-refractivity contribution in [3.05, 3.63) is 62.8 Å². The molecule has 1 aliphatic rings. The Balaban J connectivity index is 2.00. The van der Waals surface area contributed by atoms with Crippen LogP contribution in [0.15, 0.2) is 23.1 Å². The number of aromatic nitrogens is 1. The van der Waals surface area contributed by atoms with Gasteiger partial charge in [-0.15, -0.1) is 0 Å². The molecule has 2 aromatic rings. The lowest BCUT2D eigenvalue weighted by Crippen LogP contribution is -2.33. The molecule has 1 atom stereocenters. The lowest BCUT2D eigenvalue weighted by atomic mass is 10.1. The third-order valence-corrected chi connectivity index (χ3v) is 4.85. The Morgan fingerprint density at radius 2 is 1.90 bits per heavy atom. The molecule has 1 N–H and O–H groups in total. The number of amides is 1. The minimum Gasteiger partial charge on any atom is -0.491 e. The highest BCUT2D eigenvalue weighted by molar-refractivity contribution is 5.96. The normalized spacial score (nSPS) is 15.6. The van der Waals surface area contributed by atoms with Gasteiger partial charge in [-0.05, 0) is 6.42 Å². The zero-order valence-electron chi connectivity index (χ0n) is 16.7. The van der Waals surface area contributed by atoms with Gasteiger partial charge in [0.15, 0.2) is 11.4 Å². The molecule has 0 bridgehead atoms. The van der Waals surface area contributed by atoms with E-state index in [4.69, 9.17) is 14.2 Å². The number of hydrogen-bond donors (Lipinski definition) is 1. The Bertz CT molecular complexity index is 1060. The fraction of sp³-hybridized carbons (Fsp3) is 0.350. The average Bonchev–Trinajstić information content (AvgIpc) is 3.26. The number of nitrogens with one attached hydrogen (secondary N) is 1. The van der Waals surface area contributed by atoms with E-state index in [0.717, 1.165) is 20.4 Å². The van der Waals surface area contributed by atoms with E-state index in [1.807, 2.05) is 0 Å². The molecule has 1 aromatic carbocycles. The van der Waals surface area contributed by atoms with Crippen LogP contribution in [-0.4, -0.2) is 43.9 Å². The summed E-state index contributed by atoms with van der Waals surface area (Å²) in [6, 6.07) is 0.583. The molecule has 1 aliphatic heterocycles.